The summed E-state index contributed by atoms with van der Waals surface area (Å²) >= 11 is 0. The van der Waals surface area contributed by atoms with Crippen molar-refractivity contribution in [3.8, 4) is 5.75 Å². The summed E-state index contributed by atoms with van der Waals surface area (Å²) < 4.78 is 5.77. The molecule has 1 aliphatic heterocycles. The Labute approximate surface area is 133 Å². The van der Waals surface area contributed by atoms with Gasteiger partial charge in [0.2, 0.25) is 0 Å². The van der Waals surface area contributed by atoms with Gasteiger partial charge in [0.05, 0.1) is 0 Å². The van der Waals surface area contributed by atoms with Crippen LogP contribution in [-0.4, -0.2) is 31.1 Å². The lowest BCUT2D eigenvalue weighted by Gasteiger charge is -2.31. The average molecular weight is 294 g/mol. The molecule has 0 aromatic heterocycles. The van der Waals surface area contributed by atoms with Gasteiger partial charge < -0.3 is 4.74 Å². The highest BCUT2D eigenvalue weighted by atomic mass is 16.5. The molecule has 0 spiro atoms. The topological polar surface area (TPSA) is 12.5 Å². The maximum Gasteiger partial charge on any atom is 0.119 e. The molecule has 2 nitrogen and oxygen atoms in total. The molecule has 115 valence electrons. The number of nitrogens with zero attached hydrogens (tertiary/aromatic N) is 1. The van der Waals surface area contributed by atoms with Crippen molar-refractivity contribution in [2.45, 2.75) is 19.3 Å². The molecule has 22 heavy (non-hydrogen) atoms. The summed E-state index contributed by atoms with van der Waals surface area (Å²) in [6.45, 7) is 4.19. The van der Waals surface area contributed by atoms with Crippen LogP contribution in [0.5, 0.6) is 5.75 Å². The Balaban J connectivity index is 1.35. The van der Waals surface area contributed by atoms with Crippen molar-refractivity contribution in [1.29, 1.82) is 0 Å². The van der Waals surface area contributed by atoms with Gasteiger partial charge in [-0.25, -0.2) is 0 Å². The van der Waals surface area contributed by atoms with Crippen LogP contribution in [0, 0.1) is 12.0 Å². The van der Waals surface area contributed by atoms with Gasteiger partial charge in [-0.2, -0.15) is 0 Å². The van der Waals surface area contributed by atoms with E-state index >= 15 is 0 Å². The lowest BCUT2D eigenvalue weighted by Crippen LogP contribution is -2.36. The zero-order chi connectivity index (χ0) is 15.0. The molecule has 0 aliphatic carbocycles. The van der Waals surface area contributed by atoms with Gasteiger partial charge in [-0.05, 0) is 62.0 Å². The first-order chi connectivity index (χ1) is 10.9. The van der Waals surface area contributed by atoms with E-state index in [0.717, 1.165) is 24.8 Å². The Morgan fingerprint density at radius 3 is 2.45 bits per heavy atom. The maximum atomic E-state index is 5.77. The second-order valence-electron chi connectivity index (χ2n) is 6.06. The molecule has 1 saturated heterocycles. The Morgan fingerprint density at radius 2 is 1.73 bits per heavy atom. The molecule has 0 saturated carbocycles. The van der Waals surface area contributed by atoms with Crippen LogP contribution < -0.4 is 4.74 Å². The van der Waals surface area contributed by atoms with Gasteiger partial charge in [-0.3, -0.25) is 4.90 Å². The van der Waals surface area contributed by atoms with Crippen molar-refractivity contribution in [3.63, 3.8) is 0 Å². The zero-order valence-corrected chi connectivity index (χ0v) is 13.1. The molecule has 0 bridgehead atoms. The Kier molecular flexibility index (Phi) is 5.49. The first-order valence-electron chi connectivity index (χ1n) is 8.25. The summed E-state index contributed by atoms with van der Waals surface area (Å²) in [6.07, 6.45) is 3.83. The predicted octanol–water partition coefficient (Wildman–Crippen LogP) is 3.82. The van der Waals surface area contributed by atoms with E-state index in [2.05, 4.69) is 41.3 Å². The summed E-state index contributed by atoms with van der Waals surface area (Å²) in [7, 11) is 0. The van der Waals surface area contributed by atoms with Crippen LogP contribution in [0.15, 0.2) is 54.6 Å². The van der Waals surface area contributed by atoms with E-state index in [1.807, 2.05) is 24.3 Å². The summed E-state index contributed by atoms with van der Waals surface area (Å²) in [5.74, 6) is 1.78. The summed E-state index contributed by atoms with van der Waals surface area (Å²) in [5.41, 5.74) is 1.48. The van der Waals surface area contributed by atoms with Gasteiger partial charge in [-0.15, -0.1) is 0 Å². The number of hydrogen-bond acceptors (Lipinski definition) is 2. The van der Waals surface area contributed by atoms with E-state index < -0.39 is 0 Å². The van der Waals surface area contributed by atoms with Crippen LogP contribution in [0.25, 0.3) is 0 Å². The summed E-state index contributed by atoms with van der Waals surface area (Å²) in [6, 6.07) is 21.6. The smallest absolute Gasteiger partial charge is 0.119 e. The predicted molar refractivity (Wildman–Crippen MR) is 90.1 cm³/mol. The summed E-state index contributed by atoms with van der Waals surface area (Å²) in [4.78, 5) is 2.52. The monoisotopic (exact) mass is 294 g/mol. The molecule has 0 unspecified atom stereocenters. The van der Waals surface area contributed by atoms with E-state index in [-0.39, 0.29) is 0 Å². The third kappa shape index (κ3) is 4.60. The van der Waals surface area contributed by atoms with Gasteiger partial charge in [-0.1, -0.05) is 42.5 Å². The molecule has 1 heterocycles. The number of piperidine rings is 1. The lowest BCUT2D eigenvalue weighted by atomic mass is 9.90. The van der Waals surface area contributed by atoms with E-state index in [1.165, 1.54) is 37.9 Å². The van der Waals surface area contributed by atoms with Crippen molar-refractivity contribution in [1.82, 2.24) is 4.90 Å². The highest BCUT2D eigenvalue weighted by molar-refractivity contribution is 5.20. The summed E-state index contributed by atoms with van der Waals surface area (Å²) in [5, 5.41) is 0. The minimum Gasteiger partial charge on any atom is -0.492 e. The molecule has 1 aliphatic rings. The molecule has 2 aromatic carbocycles. The number of benzene rings is 2. The number of likely N-dealkylation sites (tertiary alicyclic amines) is 1. The van der Waals surface area contributed by atoms with Crippen molar-refractivity contribution in [3.05, 3.63) is 66.2 Å². The Bertz CT molecular complexity index is 532. The first-order valence-corrected chi connectivity index (χ1v) is 8.25. The highest BCUT2D eigenvalue weighted by Crippen LogP contribution is 2.21. The van der Waals surface area contributed by atoms with Crippen LogP contribution in [-0.2, 0) is 6.42 Å². The van der Waals surface area contributed by atoms with Crippen molar-refractivity contribution >= 4 is 0 Å². The lowest BCUT2D eigenvalue weighted by molar-refractivity contribution is 0.155. The Hall–Kier alpha value is -1.80. The van der Waals surface area contributed by atoms with Crippen molar-refractivity contribution in [2.75, 3.05) is 26.2 Å². The van der Waals surface area contributed by atoms with Crippen molar-refractivity contribution in [2.24, 2.45) is 5.92 Å². The van der Waals surface area contributed by atoms with Gasteiger partial charge in [0.15, 0.2) is 0 Å². The minimum absolute atomic E-state index is 0.771. The van der Waals surface area contributed by atoms with Gasteiger partial charge in [0, 0.05) is 6.54 Å². The molecule has 0 amide bonds. The van der Waals surface area contributed by atoms with Crippen molar-refractivity contribution < 1.29 is 4.74 Å². The number of rotatable bonds is 6. The van der Waals surface area contributed by atoms with E-state index in [0.29, 0.717) is 0 Å². The third-order valence-corrected chi connectivity index (χ3v) is 4.44. The standard InChI is InChI=1S/C20H24NO/c1-3-7-18(8-4-1)17-19-11-13-21(14-12-19)15-16-22-20-9-5-2-6-10-20/h1,3-10,19H,11-17H2. The van der Waals surface area contributed by atoms with E-state index in [1.54, 1.807) is 0 Å². The normalized spacial score (nSPS) is 16.5. The Morgan fingerprint density at radius 1 is 1.00 bits per heavy atom. The van der Waals surface area contributed by atoms with Gasteiger partial charge in [0.25, 0.3) is 0 Å². The molecular formula is C20H24NO. The van der Waals surface area contributed by atoms with Gasteiger partial charge in [0.1, 0.15) is 12.4 Å². The molecule has 2 heteroatoms. The largest absolute Gasteiger partial charge is 0.492 e. The minimum atomic E-state index is 0.771. The maximum absolute atomic E-state index is 5.77. The number of hydrogen-bond donors (Lipinski definition) is 0. The molecule has 0 N–H and O–H groups in total. The number of ether oxygens (including phenoxy) is 1. The fourth-order valence-corrected chi connectivity index (χ4v) is 3.12. The molecular weight excluding hydrogens is 270 g/mol. The molecule has 3 rings (SSSR count). The fourth-order valence-electron chi connectivity index (χ4n) is 3.12. The second-order valence-corrected chi connectivity index (χ2v) is 6.06. The van der Waals surface area contributed by atoms with Crippen LogP contribution in [0.1, 0.15) is 18.4 Å². The second kappa shape index (κ2) is 8.00. The van der Waals surface area contributed by atoms with Crippen LogP contribution in [0.4, 0.5) is 0 Å². The molecule has 1 fully saturated rings. The SMILES string of the molecule is [c]1ccc(OCCN2CCC(Cc3ccccc3)CC2)cc1. The van der Waals surface area contributed by atoms with Gasteiger partial charge >= 0.3 is 0 Å². The van der Waals surface area contributed by atoms with Crippen LogP contribution in [0.2, 0.25) is 0 Å². The first kappa shape index (κ1) is 15.1. The van der Waals surface area contributed by atoms with E-state index in [4.69, 9.17) is 4.74 Å². The third-order valence-electron chi connectivity index (χ3n) is 4.44. The fraction of sp³-hybridized carbons (Fsp3) is 0.400. The highest BCUT2D eigenvalue weighted by Gasteiger charge is 2.19. The average Bonchev–Trinajstić information content (AvgIpc) is 2.58. The molecule has 1 radical (unpaired) electrons. The van der Waals surface area contributed by atoms with Crippen LogP contribution >= 0.6 is 0 Å². The zero-order valence-electron chi connectivity index (χ0n) is 13.1. The quantitative estimate of drug-likeness (QED) is 0.803. The molecule has 2 aromatic rings. The van der Waals surface area contributed by atoms with Crippen LogP contribution in [0.3, 0.4) is 0 Å². The van der Waals surface area contributed by atoms with E-state index in [9.17, 15) is 0 Å². The molecule has 0 atom stereocenters.